The largest absolute Gasteiger partial charge is 0.369 e. The quantitative estimate of drug-likeness (QED) is 0.347. The van der Waals surface area contributed by atoms with E-state index in [1.165, 1.54) is 4.88 Å². The van der Waals surface area contributed by atoms with Crippen LogP contribution in [0.5, 0.6) is 0 Å². The second kappa shape index (κ2) is 5.07. The monoisotopic (exact) mass is 271 g/mol. The van der Waals surface area contributed by atoms with Crippen molar-refractivity contribution in [2.75, 3.05) is 14.1 Å². The van der Waals surface area contributed by atoms with E-state index >= 15 is 0 Å². The Morgan fingerprint density at radius 1 is 1.58 bits per heavy atom. The Morgan fingerprint density at radius 3 is 2.89 bits per heavy atom. The Kier molecular flexibility index (Phi) is 3.64. The van der Waals surface area contributed by atoms with Crippen LogP contribution >= 0.6 is 11.3 Å². The van der Waals surface area contributed by atoms with Crippen molar-refractivity contribution >= 4 is 28.4 Å². The average molecular weight is 271 g/mol. The molecule has 0 spiro atoms. The smallest absolute Gasteiger partial charge is 0.227 e. The lowest BCUT2D eigenvalue weighted by Gasteiger charge is -2.29. The van der Waals surface area contributed by atoms with Gasteiger partial charge in [-0.2, -0.15) is 0 Å². The van der Waals surface area contributed by atoms with E-state index in [2.05, 4.69) is 22.7 Å². The van der Waals surface area contributed by atoms with E-state index < -0.39 is 0 Å². The molecule has 3 nitrogen and oxygen atoms in total. The van der Waals surface area contributed by atoms with Gasteiger partial charge in [0.05, 0.1) is 12.9 Å². The number of fused-ring (bicyclic) bond motifs is 1. The highest BCUT2D eigenvalue weighted by Crippen LogP contribution is 2.51. The fourth-order valence-corrected chi connectivity index (χ4v) is 3.68. The number of rotatable bonds is 2. The van der Waals surface area contributed by atoms with E-state index in [1.807, 2.05) is 19.0 Å². The molecule has 1 aromatic rings. The minimum atomic E-state index is -0.310. The zero-order valence-electron chi connectivity index (χ0n) is 11.5. The van der Waals surface area contributed by atoms with E-state index in [9.17, 15) is 0 Å². The van der Waals surface area contributed by atoms with E-state index in [1.54, 1.807) is 17.7 Å². The van der Waals surface area contributed by atoms with Gasteiger partial charge in [0.2, 0.25) is 5.69 Å². The van der Waals surface area contributed by atoms with Gasteiger partial charge in [0.15, 0.2) is 0 Å². The highest BCUT2D eigenvalue weighted by Gasteiger charge is 2.35. The summed E-state index contributed by atoms with van der Waals surface area (Å²) in [6, 6.07) is 0. The van der Waals surface area contributed by atoms with Gasteiger partial charge >= 0.3 is 0 Å². The molecule has 0 fully saturated rings. The summed E-state index contributed by atoms with van der Waals surface area (Å²) in [5.74, 6) is 2.89. The van der Waals surface area contributed by atoms with Crippen LogP contribution in [0.15, 0.2) is 4.99 Å². The van der Waals surface area contributed by atoms with Crippen molar-refractivity contribution in [3.05, 3.63) is 21.9 Å². The minimum absolute atomic E-state index is 0.310. The van der Waals surface area contributed by atoms with Crippen LogP contribution in [0.2, 0.25) is 0 Å². The molecular formula is C15H17N3S. The van der Waals surface area contributed by atoms with Gasteiger partial charge in [-0.05, 0) is 36.6 Å². The van der Waals surface area contributed by atoms with E-state index in [-0.39, 0.29) is 5.41 Å². The summed E-state index contributed by atoms with van der Waals surface area (Å²) in [7, 11) is 3.83. The molecule has 98 valence electrons. The van der Waals surface area contributed by atoms with E-state index in [0.717, 1.165) is 29.8 Å². The highest BCUT2D eigenvalue weighted by molar-refractivity contribution is 7.16. The van der Waals surface area contributed by atoms with Gasteiger partial charge in [-0.1, -0.05) is 5.92 Å². The molecule has 1 aliphatic carbocycles. The molecule has 1 unspecified atom stereocenters. The number of nitrogens with zero attached hydrogens (tertiary/aromatic N) is 3. The van der Waals surface area contributed by atoms with Crippen LogP contribution in [0.1, 0.15) is 30.2 Å². The molecule has 4 heteroatoms. The molecule has 0 N–H and O–H groups in total. The number of thiophene rings is 1. The van der Waals surface area contributed by atoms with E-state index in [4.69, 9.17) is 13.0 Å². The van der Waals surface area contributed by atoms with Crippen LogP contribution in [0.3, 0.4) is 0 Å². The summed E-state index contributed by atoms with van der Waals surface area (Å²) in [5.41, 5.74) is 1.39. The lowest BCUT2D eigenvalue weighted by atomic mass is 9.74. The van der Waals surface area contributed by atoms with Gasteiger partial charge in [0.1, 0.15) is 5.00 Å². The summed E-state index contributed by atoms with van der Waals surface area (Å²) in [4.78, 5) is 11.2. The van der Waals surface area contributed by atoms with Crippen LogP contribution in [-0.2, 0) is 11.8 Å². The summed E-state index contributed by atoms with van der Waals surface area (Å²) in [6.07, 6.45) is 10.5. The first-order valence-electron chi connectivity index (χ1n) is 6.24. The second-order valence-electron chi connectivity index (χ2n) is 5.20. The molecule has 0 saturated carbocycles. The number of aliphatic imine (C=N–C) groups is 1. The van der Waals surface area contributed by atoms with Gasteiger partial charge in [-0.15, -0.1) is 17.8 Å². The molecule has 1 aromatic heterocycles. The normalized spacial score (nSPS) is 21.7. The topological polar surface area (TPSA) is 20.0 Å². The molecule has 0 aliphatic heterocycles. The zero-order valence-corrected chi connectivity index (χ0v) is 12.3. The van der Waals surface area contributed by atoms with Crippen molar-refractivity contribution in [3.63, 3.8) is 0 Å². The zero-order chi connectivity index (χ0) is 14.0. The van der Waals surface area contributed by atoms with Gasteiger partial charge in [0, 0.05) is 19.5 Å². The maximum absolute atomic E-state index is 7.45. The molecule has 0 saturated heterocycles. The van der Waals surface area contributed by atoms with Crippen LogP contribution < -0.4 is 0 Å². The van der Waals surface area contributed by atoms with Crippen LogP contribution in [-0.4, -0.2) is 25.3 Å². The first-order chi connectivity index (χ1) is 9.01. The summed E-state index contributed by atoms with van der Waals surface area (Å²) in [5, 5.41) is 0.789. The van der Waals surface area contributed by atoms with Crippen molar-refractivity contribution < 1.29 is 0 Å². The van der Waals surface area contributed by atoms with Gasteiger partial charge in [0.25, 0.3) is 0 Å². The molecule has 0 amide bonds. The van der Waals surface area contributed by atoms with E-state index in [0.29, 0.717) is 5.69 Å². The average Bonchev–Trinajstić information content (AvgIpc) is 2.75. The number of hydrogen-bond donors (Lipinski definition) is 0. The molecule has 19 heavy (non-hydrogen) atoms. The first kappa shape index (κ1) is 13.6. The lowest BCUT2D eigenvalue weighted by molar-refractivity contribution is 0.505. The molecule has 1 atom stereocenters. The maximum atomic E-state index is 7.45. The molecule has 1 heterocycles. The van der Waals surface area contributed by atoms with Crippen LogP contribution in [0.25, 0.3) is 4.85 Å². The third-order valence-corrected chi connectivity index (χ3v) is 4.55. The Balaban J connectivity index is 2.58. The predicted octanol–water partition coefficient (Wildman–Crippen LogP) is 3.75. The highest BCUT2D eigenvalue weighted by atomic mass is 32.1. The predicted molar refractivity (Wildman–Crippen MR) is 81.5 cm³/mol. The second-order valence-corrected chi connectivity index (χ2v) is 6.29. The summed E-state index contributed by atoms with van der Waals surface area (Å²) in [6.45, 7) is 9.52. The van der Waals surface area contributed by atoms with Crippen LogP contribution in [0.4, 0.5) is 10.7 Å². The molecule has 0 radical (unpaired) electrons. The maximum Gasteiger partial charge on any atom is 0.227 e. The number of terminal acetylenes is 1. The SMILES string of the molecule is [C-]#[N+]c1c(N=CN(C)C)sc2c1C(C)(C#C)CCC2. The van der Waals surface area contributed by atoms with Crippen LogP contribution in [0, 0.1) is 18.9 Å². The molecule has 0 bridgehead atoms. The van der Waals surface area contributed by atoms with Crippen molar-refractivity contribution in [2.45, 2.75) is 31.6 Å². The minimum Gasteiger partial charge on any atom is -0.369 e. The fraction of sp³-hybridized carbons (Fsp3) is 0.467. The van der Waals surface area contributed by atoms with Gasteiger partial charge < -0.3 is 4.90 Å². The molecule has 2 rings (SSSR count). The summed E-state index contributed by atoms with van der Waals surface area (Å²) >= 11 is 1.61. The van der Waals surface area contributed by atoms with Crippen molar-refractivity contribution in [1.29, 1.82) is 0 Å². The third-order valence-electron chi connectivity index (χ3n) is 3.41. The fourth-order valence-electron chi connectivity index (χ4n) is 2.43. The van der Waals surface area contributed by atoms with Crippen molar-refractivity contribution in [3.8, 4) is 12.3 Å². The Labute approximate surface area is 118 Å². The Morgan fingerprint density at radius 2 is 2.32 bits per heavy atom. The summed E-state index contributed by atoms with van der Waals surface area (Å²) < 4.78 is 0. The standard InChI is InChI=1S/C15H17N3S/c1-6-15(2)9-7-8-11-12(15)13(16-3)14(19-11)17-10-18(4)5/h1,10H,7-9H2,2,4-5H3. The number of aryl methyl sites for hydroxylation is 1. The third kappa shape index (κ3) is 2.37. The van der Waals surface area contributed by atoms with Gasteiger partial charge in [-0.3, -0.25) is 0 Å². The molecular weight excluding hydrogens is 254 g/mol. The molecule has 1 aliphatic rings. The Hall–Kier alpha value is -1.78. The van der Waals surface area contributed by atoms with Crippen molar-refractivity contribution in [2.24, 2.45) is 4.99 Å². The van der Waals surface area contributed by atoms with Crippen molar-refractivity contribution in [1.82, 2.24) is 4.90 Å². The lowest BCUT2D eigenvalue weighted by Crippen LogP contribution is -2.24. The number of hydrogen-bond acceptors (Lipinski definition) is 2. The van der Waals surface area contributed by atoms with Gasteiger partial charge in [-0.25, -0.2) is 9.84 Å². The molecule has 0 aromatic carbocycles. The Bertz CT molecular complexity index is 598. The first-order valence-corrected chi connectivity index (χ1v) is 7.05.